The number of rotatable bonds is 2. The summed E-state index contributed by atoms with van der Waals surface area (Å²) in [6.45, 7) is 2.54. The Morgan fingerprint density at radius 3 is 2.85 bits per heavy atom. The molecule has 1 amide bonds. The first kappa shape index (κ1) is 13.6. The van der Waals surface area contributed by atoms with Crippen molar-refractivity contribution in [3.8, 4) is 0 Å². The second-order valence-electron chi connectivity index (χ2n) is 6.06. The van der Waals surface area contributed by atoms with Crippen LogP contribution in [0.4, 0.5) is 5.69 Å². The third-order valence-electron chi connectivity index (χ3n) is 4.60. The van der Waals surface area contributed by atoms with E-state index in [1.807, 2.05) is 11.0 Å². The van der Waals surface area contributed by atoms with Crippen LogP contribution in [0, 0.1) is 5.92 Å². The maximum atomic E-state index is 12.7. The van der Waals surface area contributed by atoms with Gasteiger partial charge in [-0.1, -0.05) is 37.5 Å². The van der Waals surface area contributed by atoms with E-state index in [4.69, 9.17) is 0 Å². The molecule has 3 rings (SSSR count). The van der Waals surface area contributed by atoms with Gasteiger partial charge in [0.1, 0.15) is 0 Å². The Morgan fingerprint density at radius 1 is 1.20 bits per heavy atom. The lowest BCUT2D eigenvalue weighted by molar-refractivity contribution is -0.119. The molecular formula is C17H24N2O. The number of amides is 1. The number of carbonyl (C=O) groups is 1. The Kier molecular flexibility index (Phi) is 4.36. The summed E-state index contributed by atoms with van der Waals surface area (Å²) in [6, 6.07) is 8.29. The smallest absolute Gasteiger partial charge is 0.227 e. The monoisotopic (exact) mass is 272 g/mol. The molecule has 0 saturated heterocycles. The summed E-state index contributed by atoms with van der Waals surface area (Å²) in [5.74, 6) is 0.924. The molecule has 1 aliphatic heterocycles. The van der Waals surface area contributed by atoms with Crippen molar-refractivity contribution in [2.24, 2.45) is 5.92 Å². The Bertz CT molecular complexity index is 466. The Hall–Kier alpha value is -1.35. The largest absolute Gasteiger partial charge is 0.311 e. The van der Waals surface area contributed by atoms with Crippen LogP contribution < -0.4 is 10.2 Å². The molecule has 108 valence electrons. The fourth-order valence-corrected chi connectivity index (χ4v) is 3.47. The van der Waals surface area contributed by atoms with Gasteiger partial charge in [0.15, 0.2) is 0 Å². The molecule has 3 nitrogen and oxygen atoms in total. The number of hydrogen-bond donors (Lipinski definition) is 1. The van der Waals surface area contributed by atoms with Crippen LogP contribution in [0.15, 0.2) is 24.3 Å². The predicted octanol–water partition coefficient (Wildman–Crippen LogP) is 3.09. The van der Waals surface area contributed by atoms with Gasteiger partial charge in [-0.25, -0.2) is 0 Å². The van der Waals surface area contributed by atoms with E-state index in [2.05, 4.69) is 23.5 Å². The first-order chi connectivity index (χ1) is 9.84. The maximum absolute atomic E-state index is 12.7. The fourth-order valence-electron chi connectivity index (χ4n) is 3.47. The highest BCUT2D eigenvalue weighted by molar-refractivity contribution is 5.94. The summed E-state index contributed by atoms with van der Waals surface area (Å²) >= 11 is 0. The summed E-state index contributed by atoms with van der Waals surface area (Å²) in [6.07, 6.45) is 7.15. The van der Waals surface area contributed by atoms with Crippen molar-refractivity contribution < 1.29 is 4.79 Å². The summed E-state index contributed by atoms with van der Waals surface area (Å²) in [5, 5.41) is 3.40. The van der Waals surface area contributed by atoms with Crippen LogP contribution in [0.3, 0.4) is 0 Å². The number of hydrogen-bond acceptors (Lipinski definition) is 2. The normalized spacial score (nSPS) is 20.3. The fraction of sp³-hybridized carbons (Fsp3) is 0.588. The number of para-hydroxylation sites is 1. The molecule has 2 aliphatic rings. The van der Waals surface area contributed by atoms with Gasteiger partial charge in [0.05, 0.1) is 0 Å². The molecule has 3 heteroatoms. The molecule has 0 atom stereocenters. The summed E-state index contributed by atoms with van der Waals surface area (Å²) in [7, 11) is 0. The van der Waals surface area contributed by atoms with Crippen molar-refractivity contribution >= 4 is 11.6 Å². The zero-order valence-electron chi connectivity index (χ0n) is 12.1. The van der Waals surface area contributed by atoms with Crippen LogP contribution in [0.2, 0.25) is 0 Å². The molecule has 1 fully saturated rings. The van der Waals surface area contributed by atoms with E-state index in [0.717, 1.165) is 31.7 Å². The second kappa shape index (κ2) is 6.40. The van der Waals surface area contributed by atoms with Crippen LogP contribution in [-0.4, -0.2) is 19.0 Å². The van der Waals surface area contributed by atoms with Crippen molar-refractivity contribution in [1.82, 2.24) is 5.32 Å². The Morgan fingerprint density at radius 2 is 2.00 bits per heavy atom. The molecular weight excluding hydrogens is 248 g/mol. The molecule has 0 aromatic heterocycles. The van der Waals surface area contributed by atoms with E-state index in [1.165, 1.54) is 37.7 Å². The SMILES string of the molecule is O=C(CC1CCCCC1)N1CCNCc2ccccc21. The summed E-state index contributed by atoms with van der Waals surface area (Å²) < 4.78 is 0. The van der Waals surface area contributed by atoms with Crippen LogP contribution in [0.25, 0.3) is 0 Å². The van der Waals surface area contributed by atoms with Gasteiger partial charge >= 0.3 is 0 Å². The molecule has 1 aromatic rings. The molecule has 1 saturated carbocycles. The van der Waals surface area contributed by atoms with Gasteiger partial charge in [-0.05, 0) is 30.4 Å². The van der Waals surface area contributed by atoms with Gasteiger partial charge < -0.3 is 10.2 Å². The van der Waals surface area contributed by atoms with Gasteiger partial charge in [-0.3, -0.25) is 4.79 Å². The first-order valence-corrected chi connectivity index (χ1v) is 7.93. The highest BCUT2D eigenvalue weighted by atomic mass is 16.2. The number of nitrogens with zero attached hydrogens (tertiary/aromatic N) is 1. The van der Waals surface area contributed by atoms with Crippen LogP contribution in [-0.2, 0) is 11.3 Å². The van der Waals surface area contributed by atoms with Crippen LogP contribution in [0.5, 0.6) is 0 Å². The lowest BCUT2D eigenvalue weighted by Crippen LogP contribution is -2.36. The van der Waals surface area contributed by atoms with Gasteiger partial charge in [0, 0.05) is 31.7 Å². The minimum atomic E-state index is 0.313. The van der Waals surface area contributed by atoms with Crippen LogP contribution >= 0.6 is 0 Å². The number of anilines is 1. The Labute approximate surface area is 121 Å². The highest BCUT2D eigenvalue weighted by Gasteiger charge is 2.24. The molecule has 1 heterocycles. The highest BCUT2D eigenvalue weighted by Crippen LogP contribution is 2.29. The predicted molar refractivity (Wildman–Crippen MR) is 81.7 cm³/mol. The maximum Gasteiger partial charge on any atom is 0.227 e. The third-order valence-corrected chi connectivity index (χ3v) is 4.60. The third kappa shape index (κ3) is 3.04. The van der Waals surface area contributed by atoms with Gasteiger partial charge in [-0.2, -0.15) is 0 Å². The van der Waals surface area contributed by atoms with Gasteiger partial charge in [0.2, 0.25) is 5.91 Å². The molecule has 0 bridgehead atoms. The average Bonchev–Trinajstić information content (AvgIpc) is 2.70. The summed E-state index contributed by atoms with van der Waals surface area (Å²) in [4.78, 5) is 14.7. The van der Waals surface area contributed by atoms with Crippen molar-refractivity contribution in [1.29, 1.82) is 0 Å². The van der Waals surface area contributed by atoms with E-state index < -0.39 is 0 Å². The van der Waals surface area contributed by atoms with E-state index in [9.17, 15) is 4.79 Å². The van der Waals surface area contributed by atoms with Crippen molar-refractivity contribution in [2.75, 3.05) is 18.0 Å². The molecule has 1 aromatic carbocycles. The minimum absolute atomic E-state index is 0.313. The number of benzene rings is 1. The van der Waals surface area contributed by atoms with Gasteiger partial charge in [-0.15, -0.1) is 0 Å². The molecule has 0 unspecified atom stereocenters. The van der Waals surface area contributed by atoms with Crippen molar-refractivity contribution in [2.45, 2.75) is 45.1 Å². The second-order valence-corrected chi connectivity index (χ2v) is 6.06. The average molecular weight is 272 g/mol. The number of fused-ring (bicyclic) bond motifs is 1. The van der Waals surface area contributed by atoms with Gasteiger partial charge in [0.25, 0.3) is 0 Å². The first-order valence-electron chi connectivity index (χ1n) is 7.93. The standard InChI is InChI=1S/C17H24N2O/c20-17(12-14-6-2-1-3-7-14)19-11-10-18-13-15-8-4-5-9-16(15)19/h4-5,8-9,14,18H,1-3,6-7,10-13H2. The van der Waals surface area contributed by atoms with Crippen molar-refractivity contribution in [3.63, 3.8) is 0 Å². The van der Waals surface area contributed by atoms with E-state index in [1.54, 1.807) is 0 Å². The van der Waals surface area contributed by atoms with Crippen molar-refractivity contribution in [3.05, 3.63) is 29.8 Å². The molecule has 0 spiro atoms. The minimum Gasteiger partial charge on any atom is -0.311 e. The lowest BCUT2D eigenvalue weighted by atomic mass is 9.86. The lowest BCUT2D eigenvalue weighted by Gasteiger charge is -2.27. The topological polar surface area (TPSA) is 32.3 Å². The molecule has 0 radical (unpaired) electrons. The summed E-state index contributed by atoms with van der Waals surface area (Å²) in [5.41, 5.74) is 2.35. The Balaban J connectivity index is 1.73. The number of carbonyl (C=O) groups excluding carboxylic acids is 1. The molecule has 1 aliphatic carbocycles. The van der Waals surface area contributed by atoms with E-state index >= 15 is 0 Å². The number of nitrogens with one attached hydrogen (secondary N) is 1. The van der Waals surface area contributed by atoms with E-state index in [0.29, 0.717) is 11.8 Å². The molecule has 1 N–H and O–H groups in total. The van der Waals surface area contributed by atoms with Crippen LogP contribution in [0.1, 0.15) is 44.1 Å². The zero-order valence-corrected chi connectivity index (χ0v) is 12.1. The zero-order chi connectivity index (χ0) is 13.8. The quantitative estimate of drug-likeness (QED) is 0.897. The molecule has 20 heavy (non-hydrogen) atoms. The van der Waals surface area contributed by atoms with E-state index in [-0.39, 0.29) is 0 Å².